The lowest BCUT2D eigenvalue weighted by Gasteiger charge is -2.17. The third-order valence-electron chi connectivity index (χ3n) is 5.40. The van der Waals surface area contributed by atoms with Crippen molar-refractivity contribution in [2.24, 2.45) is 5.92 Å². The SMILES string of the molecule is Cc1nc2cc(N3CC(C(=O)Nc4ccccc4Sc4ccccc4)CC3=O)ccc2s1. The number of thiazole rings is 1. The zero-order valence-electron chi connectivity index (χ0n) is 17.4. The molecule has 4 aromatic rings. The van der Waals surface area contributed by atoms with E-state index in [1.165, 1.54) is 0 Å². The number of aromatic nitrogens is 1. The normalized spacial score (nSPS) is 16.0. The molecule has 0 aliphatic carbocycles. The maximum absolute atomic E-state index is 13.0. The molecule has 1 fully saturated rings. The molecule has 1 aliphatic rings. The fourth-order valence-corrected chi connectivity index (χ4v) is 5.57. The molecule has 2 heterocycles. The number of benzene rings is 3. The predicted octanol–water partition coefficient (Wildman–Crippen LogP) is 5.75. The average molecular weight is 460 g/mol. The number of amides is 2. The van der Waals surface area contributed by atoms with Gasteiger partial charge in [-0.05, 0) is 49.4 Å². The second-order valence-corrected chi connectivity index (χ2v) is 10.0. The summed E-state index contributed by atoms with van der Waals surface area (Å²) in [6.07, 6.45) is 0.202. The molecule has 32 heavy (non-hydrogen) atoms. The number of para-hydroxylation sites is 1. The minimum atomic E-state index is -0.398. The maximum atomic E-state index is 13.0. The van der Waals surface area contributed by atoms with Gasteiger partial charge in [0.25, 0.3) is 0 Å². The van der Waals surface area contributed by atoms with Crippen molar-refractivity contribution in [1.29, 1.82) is 0 Å². The van der Waals surface area contributed by atoms with E-state index in [1.54, 1.807) is 28.0 Å². The molecule has 1 aliphatic heterocycles. The summed E-state index contributed by atoms with van der Waals surface area (Å²) in [5, 5.41) is 4.04. The van der Waals surface area contributed by atoms with E-state index in [1.807, 2.05) is 79.7 Å². The average Bonchev–Trinajstić information content (AvgIpc) is 3.37. The molecule has 1 atom stereocenters. The third-order valence-corrected chi connectivity index (χ3v) is 7.44. The minimum absolute atomic E-state index is 0.0385. The van der Waals surface area contributed by atoms with Crippen LogP contribution in [0.2, 0.25) is 0 Å². The number of fused-ring (bicyclic) bond motifs is 1. The van der Waals surface area contributed by atoms with Gasteiger partial charge in [0, 0.05) is 28.4 Å². The van der Waals surface area contributed by atoms with E-state index in [9.17, 15) is 9.59 Å². The molecule has 2 amide bonds. The van der Waals surface area contributed by atoms with Crippen molar-refractivity contribution in [2.75, 3.05) is 16.8 Å². The van der Waals surface area contributed by atoms with Crippen LogP contribution in [-0.4, -0.2) is 23.3 Å². The van der Waals surface area contributed by atoms with E-state index in [0.717, 1.165) is 36.4 Å². The molecular weight excluding hydrogens is 438 g/mol. The van der Waals surface area contributed by atoms with Gasteiger partial charge in [0.1, 0.15) is 0 Å². The Balaban J connectivity index is 1.31. The van der Waals surface area contributed by atoms with Gasteiger partial charge in [-0.1, -0.05) is 42.1 Å². The Morgan fingerprint density at radius 2 is 1.88 bits per heavy atom. The topological polar surface area (TPSA) is 62.3 Å². The molecule has 1 N–H and O–H groups in total. The van der Waals surface area contributed by atoms with Gasteiger partial charge >= 0.3 is 0 Å². The Morgan fingerprint density at radius 1 is 1.09 bits per heavy atom. The highest BCUT2D eigenvalue weighted by Crippen LogP contribution is 2.34. The Morgan fingerprint density at radius 3 is 2.72 bits per heavy atom. The van der Waals surface area contributed by atoms with Crippen LogP contribution in [0.5, 0.6) is 0 Å². The Kier molecular flexibility index (Phi) is 5.68. The molecule has 0 bridgehead atoms. The summed E-state index contributed by atoms with van der Waals surface area (Å²) in [6.45, 7) is 2.34. The number of aryl methyl sites for hydroxylation is 1. The van der Waals surface area contributed by atoms with Crippen LogP contribution in [0.3, 0.4) is 0 Å². The molecule has 5 nitrogen and oxygen atoms in total. The molecule has 0 saturated carbocycles. The lowest BCUT2D eigenvalue weighted by molar-refractivity contribution is -0.122. The van der Waals surface area contributed by atoms with Crippen molar-refractivity contribution >= 4 is 56.5 Å². The van der Waals surface area contributed by atoms with E-state index in [0.29, 0.717) is 6.54 Å². The molecule has 0 radical (unpaired) electrons. The molecule has 160 valence electrons. The number of anilines is 2. The molecule has 1 unspecified atom stereocenters. The maximum Gasteiger partial charge on any atom is 0.229 e. The van der Waals surface area contributed by atoms with Crippen LogP contribution < -0.4 is 10.2 Å². The predicted molar refractivity (Wildman–Crippen MR) is 130 cm³/mol. The van der Waals surface area contributed by atoms with E-state index in [4.69, 9.17) is 0 Å². The van der Waals surface area contributed by atoms with Crippen LogP contribution in [0.25, 0.3) is 10.2 Å². The zero-order valence-corrected chi connectivity index (χ0v) is 19.1. The monoisotopic (exact) mass is 459 g/mol. The number of hydrogen-bond donors (Lipinski definition) is 1. The van der Waals surface area contributed by atoms with Gasteiger partial charge in [-0.15, -0.1) is 11.3 Å². The summed E-state index contributed by atoms with van der Waals surface area (Å²) in [4.78, 5) is 34.1. The van der Waals surface area contributed by atoms with E-state index in [-0.39, 0.29) is 18.2 Å². The Bertz CT molecular complexity index is 1300. The van der Waals surface area contributed by atoms with E-state index in [2.05, 4.69) is 10.3 Å². The van der Waals surface area contributed by atoms with Gasteiger partial charge < -0.3 is 10.2 Å². The molecule has 1 aromatic heterocycles. The highest BCUT2D eigenvalue weighted by Gasteiger charge is 2.35. The van der Waals surface area contributed by atoms with E-state index >= 15 is 0 Å². The van der Waals surface area contributed by atoms with Crippen LogP contribution in [0, 0.1) is 12.8 Å². The quantitative estimate of drug-likeness (QED) is 0.413. The van der Waals surface area contributed by atoms with Gasteiger partial charge in [-0.3, -0.25) is 9.59 Å². The lowest BCUT2D eigenvalue weighted by atomic mass is 10.1. The third kappa shape index (κ3) is 4.26. The van der Waals surface area contributed by atoms with Crippen LogP contribution in [0.4, 0.5) is 11.4 Å². The number of nitrogens with zero attached hydrogens (tertiary/aromatic N) is 2. The van der Waals surface area contributed by atoms with Crippen molar-refractivity contribution in [3.05, 3.63) is 77.8 Å². The summed E-state index contributed by atoms with van der Waals surface area (Å²) in [7, 11) is 0. The molecule has 1 saturated heterocycles. The molecule has 3 aromatic carbocycles. The summed E-state index contributed by atoms with van der Waals surface area (Å²) in [5.74, 6) is -0.568. The first-order valence-corrected chi connectivity index (χ1v) is 12.0. The second-order valence-electron chi connectivity index (χ2n) is 7.69. The van der Waals surface area contributed by atoms with Crippen LogP contribution in [0.15, 0.2) is 82.6 Å². The minimum Gasteiger partial charge on any atom is -0.325 e. The molecule has 0 spiro atoms. The Labute approximate surface area is 194 Å². The van der Waals surface area contributed by atoms with Crippen molar-refractivity contribution in [2.45, 2.75) is 23.1 Å². The number of nitrogens with one attached hydrogen (secondary N) is 1. The first-order valence-electron chi connectivity index (χ1n) is 10.4. The van der Waals surface area contributed by atoms with Gasteiger partial charge in [-0.25, -0.2) is 4.98 Å². The standard InChI is InChI=1S/C25H21N3O2S2/c1-16-26-21-14-18(11-12-23(21)31-16)28-15-17(13-24(28)29)25(30)27-20-9-5-6-10-22(20)32-19-7-3-2-4-8-19/h2-12,14,17H,13,15H2,1H3,(H,27,30). The Hall–Kier alpha value is -3.16. The summed E-state index contributed by atoms with van der Waals surface area (Å²) in [5.41, 5.74) is 2.44. The summed E-state index contributed by atoms with van der Waals surface area (Å²) in [6, 6.07) is 23.7. The number of rotatable bonds is 5. The van der Waals surface area contributed by atoms with Crippen LogP contribution >= 0.6 is 23.1 Å². The van der Waals surface area contributed by atoms with Crippen molar-refractivity contribution in [1.82, 2.24) is 4.98 Å². The zero-order chi connectivity index (χ0) is 22.1. The highest BCUT2D eigenvalue weighted by atomic mass is 32.2. The molecule has 7 heteroatoms. The van der Waals surface area contributed by atoms with Gasteiger partial charge in [0.15, 0.2) is 0 Å². The summed E-state index contributed by atoms with van der Waals surface area (Å²) >= 11 is 3.23. The summed E-state index contributed by atoms with van der Waals surface area (Å²) < 4.78 is 1.10. The van der Waals surface area contributed by atoms with Gasteiger partial charge in [0.05, 0.1) is 26.8 Å². The highest BCUT2D eigenvalue weighted by molar-refractivity contribution is 7.99. The molecule has 5 rings (SSSR count). The fraction of sp³-hybridized carbons (Fsp3) is 0.160. The molecular formula is C25H21N3O2S2. The second kappa shape index (κ2) is 8.76. The lowest BCUT2D eigenvalue weighted by Crippen LogP contribution is -2.28. The fourth-order valence-electron chi connectivity index (χ4n) is 3.84. The van der Waals surface area contributed by atoms with Gasteiger partial charge in [-0.2, -0.15) is 0 Å². The first kappa shape index (κ1) is 20.7. The number of hydrogen-bond acceptors (Lipinski definition) is 5. The smallest absolute Gasteiger partial charge is 0.229 e. The van der Waals surface area contributed by atoms with Crippen molar-refractivity contribution < 1.29 is 9.59 Å². The van der Waals surface area contributed by atoms with Crippen molar-refractivity contribution in [3.63, 3.8) is 0 Å². The number of carbonyl (C=O) groups excluding carboxylic acids is 2. The van der Waals surface area contributed by atoms with Crippen LogP contribution in [-0.2, 0) is 9.59 Å². The van der Waals surface area contributed by atoms with E-state index < -0.39 is 5.92 Å². The van der Waals surface area contributed by atoms with Crippen molar-refractivity contribution in [3.8, 4) is 0 Å². The number of carbonyl (C=O) groups is 2. The van der Waals surface area contributed by atoms with Crippen LogP contribution in [0.1, 0.15) is 11.4 Å². The van der Waals surface area contributed by atoms with Gasteiger partial charge in [0.2, 0.25) is 11.8 Å². The first-order chi connectivity index (χ1) is 15.6. The largest absolute Gasteiger partial charge is 0.325 e.